The van der Waals surface area contributed by atoms with Crippen LogP contribution in [0.3, 0.4) is 0 Å². The number of benzene rings is 1. The van der Waals surface area contributed by atoms with Crippen molar-refractivity contribution in [2.24, 2.45) is 17.8 Å². The molecule has 4 heteroatoms. The van der Waals surface area contributed by atoms with Gasteiger partial charge >= 0.3 is 6.18 Å². The predicted molar refractivity (Wildman–Crippen MR) is 124 cm³/mol. The molecule has 0 spiro atoms. The molecule has 0 amide bonds. The lowest BCUT2D eigenvalue weighted by atomic mass is 9.68. The van der Waals surface area contributed by atoms with Crippen LogP contribution in [0.15, 0.2) is 18.2 Å². The second kappa shape index (κ2) is 12.4. The Hall–Kier alpha value is -1.06. The SMILES string of the molecule is CCCCCCCCCC1CCC(C2CCC(c3ccc(C(F)(F)F)c(F)c3)CC2)CC1. The number of alkyl halides is 3. The summed E-state index contributed by atoms with van der Waals surface area (Å²) in [5, 5.41) is 0. The van der Waals surface area contributed by atoms with Gasteiger partial charge in [-0.05, 0) is 79.9 Å². The molecule has 0 aliphatic heterocycles. The van der Waals surface area contributed by atoms with Crippen LogP contribution < -0.4 is 0 Å². The van der Waals surface area contributed by atoms with Crippen molar-refractivity contribution in [3.8, 4) is 0 Å². The molecule has 0 radical (unpaired) electrons. The molecular weight excluding hydrogens is 412 g/mol. The van der Waals surface area contributed by atoms with Gasteiger partial charge in [0.25, 0.3) is 0 Å². The normalized spacial score (nSPS) is 26.9. The Morgan fingerprint density at radius 3 is 1.88 bits per heavy atom. The van der Waals surface area contributed by atoms with Crippen molar-refractivity contribution in [3.63, 3.8) is 0 Å². The van der Waals surface area contributed by atoms with Gasteiger partial charge in [-0.2, -0.15) is 13.2 Å². The minimum atomic E-state index is -4.62. The minimum Gasteiger partial charge on any atom is -0.206 e. The number of halogens is 4. The van der Waals surface area contributed by atoms with Crippen molar-refractivity contribution in [1.82, 2.24) is 0 Å². The van der Waals surface area contributed by atoms with Gasteiger partial charge in [0.15, 0.2) is 0 Å². The second-order valence-electron chi connectivity index (χ2n) is 10.5. The van der Waals surface area contributed by atoms with Crippen LogP contribution in [-0.4, -0.2) is 0 Å². The molecule has 1 aromatic carbocycles. The molecular formula is C28H42F4. The van der Waals surface area contributed by atoms with E-state index in [0.29, 0.717) is 0 Å². The van der Waals surface area contributed by atoms with E-state index in [-0.39, 0.29) is 5.92 Å². The largest absolute Gasteiger partial charge is 0.419 e. The first kappa shape index (κ1) is 25.6. The average Bonchev–Trinajstić information content (AvgIpc) is 2.78. The molecule has 0 aromatic heterocycles. The van der Waals surface area contributed by atoms with Gasteiger partial charge in [-0.3, -0.25) is 0 Å². The third-order valence-electron chi connectivity index (χ3n) is 8.32. The van der Waals surface area contributed by atoms with E-state index < -0.39 is 17.6 Å². The molecule has 0 unspecified atom stereocenters. The molecule has 0 heterocycles. The molecule has 0 atom stereocenters. The van der Waals surface area contributed by atoms with E-state index in [0.717, 1.165) is 61.1 Å². The fourth-order valence-electron chi connectivity index (χ4n) is 6.28. The summed E-state index contributed by atoms with van der Waals surface area (Å²) in [6.45, 7) is 2.27. The van der Waals surface area contributed by atoms with Crippen LogP contribution in [0.4, 0.5) is 17.6 Å². The highest BCUT2D eigenvalue weighted by molar-refractivity contribution is 5.29. The van der Waals surface area contributed by atoms with Gasteiger partial charge in [-0.25, -0.2) is 4.39 Å². The summed E-state index contributed by atoms with van der Waals surface area (Å²) in [6, 6.07) is 3.54. The summed E-state index contributed by atoms with van der Waals surface area (Å²) >= 11 is 0. The van der Waals surface area contributed by atoms with Crippen molar-refractivity contribution in [2.75, 3.05) is 0 Å². The topological polar surface area (TPSA) is 0 Å². The molecule has 2 fully saturated rings. The molecule has 2 saturated carbocycles. The van der Waals surface area contributed by atoms with E-state index in [1.807, 2.05) is 0 Å². The molecule has 3 rings (SSSR count). The van der Waals surface area contributed by atoms with Crippen molar-refractivity contribution in [2.45, 2.75) is 122 Å². The van der Waals surface area contributed by atoms with E-state index in [2.05, 4.69) is 6.92 Å². The van der Waals surface area contributed by atoms with E-state index in [1.165, 1.54) is 83.1 Å². The van der Waals surface area contributed by atoms with Gasteiger partial charge in [0.1, 0.15) is 5.82 Å². The quantitative estimate of drug-likeness (QED) is 0.244. The van der Waals surface area contributed by atoms with Gasteiger partial charge in [-0.1, -0.05) is 77.2 Å². The van der Waals surface area contributed by atoms with Crippen LogP contribution >= 0.6 is 0 Å². The average molecular weight is 455 g/mol. The molecule has 0 nitrogen and oxygen atoms in total. The standard InChI is InChI=1S/C28H42F4/c1-2-3-4-5-6-7-8-9-21-10-12-22(13-11-21)23-14-16-24(17-15-23)25-18-19-26(27(29)20-25)28(30,31)32/h18-24H,2-17H2,1H3. The van der Waals surface area contributed by atoms with Gasteiger partial charge < -0.3 is 0 Å². The fourth-order valence-corrected chi connectivity index (χ4v) is 6.28. The predicted octanol–water partition coefficient (Wildman–Crippen LogP) is 10.1. The highest BCUT2D eigenvalue weighted by Gasteiger charge is 2.35. The van der Waals surface area contributed by atoms with Gasteiger partial charge in [-0.15, -0.1) is 0 Å². The Morgan fingerprint density at radius 1 is 0.750 bits per heavy atom. The smallest absolute Gasteiger partial charge is 0.206 e. The highest BCUT2D eigenvalue weighted by atomic mass is 19.4. The molecule has 32 heavy (non-hydrogen) atoms. The maximum atomic E-state index is 14.0. The Balaban J connectivity index is 1.35. The van der Waals surface area contributed by atoms with Crippen molar-refractivity contribution >= 4 is 0 Å². The summed E-state index contributed by atoms with van der Waals surface area (Å²) in [7, 11) is 0. The van der Waals surface area contributed by atoms with Crippen LogP contribution in [0, 0.1) is 23.6 Å². The number of rotatable bonds is 10. The lowest BCUT2D eigenvalue weighted by Gasteiger charge is -2.38. The molecule has 0 bridgehead atoms. The number of hydrogen-bond acceptors (Lipinski definition) is 0. The second-order valence-corrected chi connectivity index (χ2v) is 10.5. The van der Waals surface area contributed by atoms with Gasteiger partial charge in [0.2, 0.25) is 0 Å². The first-order valence-electron chi connectivity index (χ1n) is 13.2. The Kier molecular flexibility index (Phi) is 9.92. The van der Waals surface area contributed by atoms with Gasteiger partial charge in [0, 0.05) is 0 Å². The monoisotopic (exact) mass is 454 g/mol. The summed E-state index contributed by atoms with van der Waals surface area (Å²) in [5.41, 5.74) is -0.407. The summed E-state index contributed by atoms with van der Waals surface area (Å²) in [6.07, 6.45) is 16.2. The van der Waals surface area contributed by atoms with Crippen LogP contribution in [0.5, 0.6) is 0 Å². The van der Waals surface area contributed by atoms with Crippen LogP contribution in [0.2, 0.25) is 0 Å². The van der Waals surface area contributed by atoms with E-state index >= 15 is 0 Å². The van der Waals surface area contributed by atoms with Crippen LogP contribution in [-0.2, 0) is 6.18 Å². The Bertz CT molecular complexity index is 665. The lowest BCUT2D eigenvalue weighted by Crippen LogP contribution is -2.25. The molecule has 0 N–H and O–H groups in total. The maximum absolute atomic E-state index is 14.0. The molecule has 2 aliphatic rings. The van der Waals surface area contributed by atoms with E-state index in [1.54, 1.807) is 0 Å². The van der Waals surface area contributed by atoms with Crippen molar-refractivity contribution in [3.05, 3.63) is 35.1 Å². The molecule has 1 aromatic rings. The zero-order valence-electron chi connectivity index (χ0n) is 19.9. The highest BCUT2D eigenvalue weighted by Crippen LogP contribution is 2.45. The van der Waals surface area contributed by atoms with E-state index in [9.17, 15) is 17.6 Å². The fraction of sp³-hybridized carbons (Fsp3) is 0.786. The Morgan fingerprint density at radius 2 is 1.31 bits per heavy atom. The molecule has 0 saturated heterocycles. The third kappa shape index (κ3) is 7.48. The lowest BCUT2D eigenvalue weighted by molar-refractivity contribution is -0.140. The first-order valence-corrected chi connectivity index (χ1v) is 13.2. The summed E-state index contributed by atoms with van der Waals surface area (Å²) < 4.78 is 52.4. The summed E-state index contributed by atoms with van der Waals surface area (Å²) in [5.74, 6) is 1.58. The van der Waals surface area contributed by atoms with Crippen molar-refractivity contribution < 1.29 is 17.6 Å². The van der Waals surface area contributed by atoms with Gasteiger partial charge in [0.05, 0.1) is 5.56 Å². The number of hydrogen-bond donors (Lipinski definition) is 0. The number of unbranched alkanes of at least 4 members (excludes halogenated alkanes) is 6. The molecule has 2 aliphatic carbocycles. The Labute approximate surface area is 192 Å². The van der Waals surface area contributed by atoms with Crippen LogP contribution in [0.1, 0.15) is 127 Å². The maximum Gasteiger partial charge on any atom is 0.419 e. The molecule has 182 valence electrons. The zero-order valence-corrected chi connectivity index (χ0v) is 19.9. The minimum absolute atomic E-state index is 0.205. The van der Waals surface area contributed by atoms with Crippen LogP contribution in [0.25, 0.3) is 0 Å². The first-order chi connectivity index (χ1) is 15.4. The summed E-state index contributed by atoms with van der Waals surface area (Å²) in [4.78, 5) is 0. The van der Waals surface area contributed by atoms with E-state index in [4.69, 9.17) is 0 Å². The third-order valence-corrected chi connectivity index (χ3v) is 8.32. The zero-order chi connectivity index (χ0) is 23.0. The van der Waals surface area contributed by atoms with Crippen molar-refractivity contribution in [1.29, 1.82) is 0 Å².